The van der Waals surface area contributed by atoms with Gasteiger partial charge in [0.1, 0.15) is 5.82 Å². The van der Waals surface area contributed by atoms with E-state index in [0.29, 0.717) is 19.0 Å². The third kappa shape index (κ3) is 3.42. The fourth-order valence-electron chi connectivity index (χ4n) is 4.25. The smallest absolute Gasteiger partial charge is 0.227 e. The van der Waals surface area contributed by atoms with Crippen molar-refractivity contribution in [2.75, 3.05) is 38.0 Å². The Kier molecular flexibility index (Phi) is 5.17. The standard InChI is InChI=1S/C21H27N5O2/c1-25(2)21-23-16-13-15-9-10-17(26(15)18(27)11-12-28-3)19(16)20(24-21)22-14-7-5-4-6-8-14/h4-8,15,17H,9-13H2,1-3H3,(H,22,23,24). The molecule has 1 N–H and O–H groups in total. The van der Waals surface area contributed by atoms with Gasteiger partial charge in [-0.25, -0.2) is 4.98 Å². The topological polar surface area (TPSA) is 70.6 Å². The van der Waals surface area contributed by atoms with Crippen LogP contribution in [0.2, 0.25) is 0 Å². The Morgan fingerprint density at radius 1 is 1.25 bits per heavy atom. The Morgan fingerprint density at radius 3 is 2.75 bits per heavy atom. The lowest BCUT2D eigenvalue weighted by Crippen LogP contribution is -2.43. The molecule has 3 heterocycles. The highest BCUT2D eigenvalue weighted by Crippen LogP contribution is 2.46. The average Bonchev–Trinajstić information content (AvgIpc) is 3.00. The van der Waals surface area contributed by atoms with E-state index in [1.807, 2.05) is 49.3 Å². The number of methoxy groups -OCH3 is 1. The van der Waals surface area contributed by atoms with E-state index in [0.717, 1.165) is 42.0 Å². The minimum atomic E-state index is 0.0283. The number of anilines is 3. The van der Waals surface area contributed by atoms with Crippen molar-refractivity contribution >= 4 is 23.4 Å². The predicted octanol–water partition coefficient (Wildman–Crippen LogP) is 2.91. The maximum absolute atomic E-state index is 12.8. The van der Waals surface area contributed by atoms with Gasteiger partial charge < -0.3 is 19.9 Å². The molecule has 1 aromatic heterocycles. The highest BCUT2D eigenvalue weighted by atomic mass is 16.5. The molecule has 0 aliphatic carbocycles. The van der Waals surface area contributed by atoms with Crippen LogP contribution in [0.15, 0.2) is 30.3 Å². The van der Waals surface area contributed by atoms with Gasteiger partial charge in [0.15, 0.2) is 0 Å². The number of amides is 1. The molecule has 0 spiro atoms. The molecule has 2 aromatic rings. The number of rotatable bonds is 6. The van der Waals surface area contributed by atoms with Gasteiger partial charge in [0.05, 0.1) is 24.8 Å². The van der Waals surface area contributed by atoms with Crippen molar-refractivity contribution in [2.45, 2.75) is 37.8 Å². The molecular formula is C21H27N5O2. The predicted molar refractivity (Wildman–Crippen MR) is 109 cm³/mol. The van der Waals surface area contributed by atoms with E-state index in [2.05, 4.69) is 10.2 Å². The summed E-state index contributed by atoms with van der Waals surface area (Å²) in [4.78, 5) is 26.4. The molecule has 148 valence electrons. The highest BCUT2D eigenvalue weighted by molar-refractivity contribution is 5.79. The lowest BCUT2D eigenvalue weighted by molar-refractivity contribution is -0.135. The number of carbonyl (C=O) groups is 1. The molecule has 7 heteroatoms. The first-order valence-electron chi connectivity index (χ1n) is 9.78. The first kappa shape index (κ1) is 18.7. The number of para-hydroxylation sites is 1. The second-order valence-corrected chi connectivity index (χ2v) is 7.61. The minimum Gasteiger partial charge on any atom is -0.384 e. The normalized spacial score (nSPS) is 20.0. The summed E-state index contributed by atoms with van der Waals surface area (Å²) < 4.78 is 5.12. The number of aromatic nitrogens is 2. The second-order valence-electron chi connectivity index (χ2n) is 7.61. The van der Waals surface area contributed by atoms with Crippen molar-refractivity contribution in [1.82, 2.24) is 14.9 Å². The van der Waals surface area contributed by atoms with Crippen LogP contribution >= 0.6 is 0 Å². The van der Waals surface area contributed by atoms with Crippen LogP contribution in [-0.4, -0.2) is 54.6 Å². The lowest BCUT2D eigenvalue weighted by atomic mass is 9.97. The summed E-state index contributed by atoms with van der Waals surface area (Å²) in [7, 11) is 5.53. The Labute approximate surface area is 165 Å². The Bertz CT molecular complexity index is 855. The number of nitrogens with zero attached hydrogens (tertiary/aromatic N) is 4. The van der Waals surface area contributed by atoms with Crippen molar-refractivity contribution in [3.8, 4) is 0 Å². The van der Waals surface area contributed by atoms with E-state index < -0.39 is 0 Å². The van der Waals surface area contributed by atoms with E-state index in [4.69, 9.17) is 14.7 Å². The SMILES string of the molecule is COCCC(=O)N1C2CCC1c1c(nc(N(C)C)nc1Nc1ccccc1)C2. The van der Waals surface area contributed by atoms with E-state index in [9.17, 15) is 4.79 Å². The van der Waals surface area contributed by atoms with Gasteiger partial charge >= 0.3 is 0 Å². The van der Waals surface area contributed by atoms with Crippen LogP contribution in [-0.2, 0) is 16.0 Å². The van der Waals surface area contributed by atoms with E-state index >= 15 is 0 Å². The van der Waals surface area contributed by atoms with Crippen molar-refractivity contribution in [2.24, 2.45) is 0 Å². The van der Waals surface area contributed by atoms with Gasteiger partial charge in [0.2, 0.25) is 11.9 Å². The summed E-state index contributed by atoms with van der Waals surface area (Å²) in [6.07, 6.45) is 3.14. The van der Waals surface area contributed by atoms with Gasteiger partial charge in [-0.15, -0.1) is 0 Å². The summed E-state index contributed by atoms with van der Waals surface area (Å²) >= 11 is 0. The molecule has 0 radical (unpaired) electrons. The Balaban J connectivity index is 1.74. The average molecular weight is 381 g/mol. The molecule has 2 aliphatic rings. The van der Waals surface area contributed by atoms with Gasteiger partial charge in [-0.05, 0) is 25.0 Å². The summed E-state index contributed by atoms with van der Waals surface area (Å²) in [5.74, 6) is 1.65. The zero-order chi connectivity index (χ0) is 19.7. The van der Waals surface area contributed by atoms with E-state index in [1.54, 1.807) is 7.11 Å². The number of fused-ring (bicyclic) bond motifs is 4. The molecular weight excluding hydrogens is 354 g/mol. The quantitative estimate of drug-likeness (QED) is 0.830. The summed E-state index contributed by atoms with van der Waals surface area (Å²) in [6, 6.07) is 10.3. The van der Waals surface area contributed by atoms with E-state index in [-0.39, 0.29) is 18.0 Å². The molecule has 1 amide bonds. The summed E-state index contributed by atoms with van der Waals surface area (Å²) in [5, 5.41) is 3.47. The number of nitrogens with one attached hydrogen (secondary N) is 1. The number of hydrogen-bond donors (Lipinski definition) is 1. The number of benzene rings is 1. The van der Waals surface area contributed by atoms with Crippen molar-refractivity contribution in [1.29, 1.82) is 0 Å². The van der Waals surface area contributed by atoms with Gasteiger partial charge in [-0.3, -0.25) is 4.79 Å². The molecule has 4 rings (SSSR count). The first-order chi connectivity index (χ1) is 13.6. The molecule has 28 heavy (non-hydrogen) atoms. The van der Waals surface area contributed by atoms with Gasteiger partial charge in [0, 0.05) is 44.9 Å². The molecule has 0 saturated carbocycles. The number of carbonyl (C=O) groups excluding carboxylic acids is 1. The lowest BCUT2D eigenvalue weighted by Gasteiger charge is -2.37. The maximum atomic E-state index is 12.8. The molecule has 1 saturated heterocycles. The molecule has 2 aliphatic heterocycles. The zero-order valence-electron chi connectivity index (χ0n) is 16.7. The van der Waals surface area contributed by atoms with Gasteiger partial charge in [-0.1, -0.05) is 18.2 Å². The van der Waals surface area contributed by atoms with Crippen LogP contribution in [0.5, 0.6) is 0 Å². The van der Waals surface area contributed by atoms with Crippen molar-refractivity contribution in [3.63, 3.8) is 0 Å². The molecule has 2 unspecified atom stereocenters. The largest absolute Gasteiger partial charge is 0.384 e. The van der Waals surface area contributed by atoms with Crippen LogP contribution in [0.3, 0.4) is 0 Å². The first-order valence-corrected chi connectivity index (χ1v) is 9.78. The molecule has 2 atom stereocenters. The fourth-order valence-corrected chi connectivity index (χ4v) is 4.25. The number of ether oxygens (including phenoxy) is 1. The zero-order valence-corrected chi connectivity index (χ0v) is 16.7. The second kappa shape index (κ2) is 7.75. The van der Waals surface area contributed by atoms with Crippen LogP contribution < -0.4 is 10.2 Å². The van der Waals surface area contributed by atoms with Crippen LogP contribution in [0.25, 0.3) is 0 Å². The van der Waals surface area contributed by atoms with Crippen LogP contribution in [0.4, 0.5) is 17.5 Å². The van der Waals surface area contributed by atoms with Gasteiger partial charge in [0.25, 0.3) is 0 Å². The third-order valence-corrected chi connectivity index (χ3v) is 5.52. The van der Waals surface area contributed by atoms with Crippen LogP contribution in [0, 0.1) is 0 Å². The fraction of sp³-hybridized carbons (Fsp3) is 0.476. The van der Waals surface area contributed by atoms with E-state index in [1.165, 1.54) is 0 Å². The minimum absolute atomic E-state index is 0.0283. The number of hydrogen-bond acceptors (Lipinski definition) is 6. The molecule has 7 nitrogen and oxygen atoms in total. The summed E-state index contributed by atoms with van der Waals surface area (Å²) in [6.45, 7) is 0.451. The van der Waals surface area contributed by atoms with Crippen molar-refractivity contribution < 1.29 is 9.53 Å². The van der Waals surface area contributed by atoms with Crippen molar-refractivity contribution in [3.05, 3.63) is 41.6 Å². The molecule has 2 bridgehead atoms. The highest BCUT2D eigenvalue weighted by Gasteiger charge is 2.44. The maximum Gasteiger partial charge on any atom is 0.227 e. The monoisotopic (exact) mass is 381 g/mol. The third-order valence-electron chi connectivity index (χ3n) is 5.52. The Morgan fingerprint density at radius 2 is 2.04 bits per heavy atom. The summed E-state index contributed by atoms with van der Waals surface area (Å²) in [5.41, 5.74) is 3.10. The Hall–Kier alpha value is -2.67. The molecule has 1 aromatic carbocycles. The van der Waals surface area contributed by atoms with Crippen LogP contribution in [0.1, 0.15) is 36.6 Å². The van der Waals surface area contributed by atoms with Gasteiger partial charge in [-0.2, -0.15) is 4.98 Å². The molecule has 1 fully saturated rings.